The van der Waals surface area contributed by atoms with Gasteiger partial charge in [-0.05, 0) is 48.0 Å². The van der Waals surface area contributed by atoms with Crippen molar-refractivity contribution in [1.82, 2.24) is 4.90 Å². The molecule has 0 aromatic heterocycles. The lowest BCUT2D eigenvalue weighted by molar-refractivity contribution is 0.0303. The smallest absolute Gasteiger partial charge is 0.255 e. The zero-order valence-electron chi connectivity index (χ0n) is 17.8. The van der Waals surface area contributed by atoms with Crippen molar-refractivity contribution < 1.29 is 19.1 Å². The summed E-state index contributed by atoms with van der Waals surface area (Å²) in [5.41, 5.74) is 2.94. The van der Waals surface area contributed by atoms with Crippen molar-refractivity contribution in [2.45, 2.75) is 6.42 Å². The van der Waals surface area contributed by atoms with Crippen molar-refractivity contribution >= 4 is 17.5 Å². The molecule has 0 unspecified atom stereocenters. The molecule has 1 saturated heterocycles. The molecule has 0 bridgehead atoms. The summed E-state index contributed by atoms with van der Waals surface area (Å²) in [5.74, 6) is 0.400. The average molecular weight is 431 g/mol. The fourth-order valence-corrected chi connectivity index (χ4v) is 3.51. The standard InChI is InChI=1S/C26H26N2O4/c29-25(22-7-4-8-24(19-22)32-16-13-20-5-2-1-3-6-20)27-23-11-9-21(10-12-23)26(30)28-14-17-31-18-15-28/h1-12,19H,13-18H2,(H,27,29). The Hall–Kier alpha value is -3.64. The second-order valence-corrected chi connectivity index (χ2v) is 7.55. The predicted octanol–water partition coefficient (Wildman–Crippen LogP) is 4.03. The number of carbonyl (C=O) groups is 2. The van der Waals surface area contributed by atoms with Gasteiger partial charge in [-0.15, -0.1) is 0 Å². The Kier molecular flexibility index (Phi) is 7.15. The summed E-state index contributed by atoms with van der Waals surface area (Å²) in [5, 5.41) is 2.87. The third-order valence-electron chi connectivity index (χ3n) is 5.29. The first-order chi connectivity index (χ1) is 15.7. The largest absolute Gasteiger partial charge is 0.493 e. The Balaban J connectivity index is 1.32. The molecule has 0 atom stereocenters. The van der Waals surface area contributed by atoms with Crippen LogP contribution in [-0.4, -0.2) is 49.6 Å². The highest BCUT2D eigenvalue weighted by atomic mass is 16.5. The average Bonchev–Trinajstić information content (AvgIpc) is 2.85. The van der Waals surface area contributed by atoms with E-state index in [4.69, 9.17) is 9.47 Å². The highest BCUT2D eigenvalue weighted by molar-refractivity contribution is 6.04. The van der Waals surface area contributed by atoms with Crippen molar-refractivity contribution in [2.75, 3.05) is 38.2 Å². The van der Waals surface area contributed by atoms with Gasteiger partial charge in [0.15, 0.2) is 0 Å². The van der Waals surface area contributed by atoms with Crippen molar-refractivity contribution in [3.63, 3.8) is 0 Å². The molecule has 0 radical (unpaired) electrons. The normalized spacial score (nSPS) is 13.4. The maximum absolute atomic E-state index is 12.7. The van der Waals surface area contributed by atoms with Crippen molar-refractivity contribution in [1.29, 1.82) is 0 Å². The van der Waals surface area contributed by atoms with Crippen molar-refractivity contribution in [2.24, 2.45) is 0 Å². The zero-order chi connectivity index (χ0) is 22.2. The summed E-state index contributed by atoms with van der Waals surface area (Å²) in [7, 11) is 0. The van der Waals surface area contributed by atoms with Crippen molar-refractivity contribution in [3.05, 3.63) is 95.6 Å². The van der Waals surface area contributed by atoms with Crippen LogP contribution in [0.2, 0.25) is 0 Å². The van der Waals surface area contributed by atoms with E-state index in [9.17, 15) is 9.59 Å². The number of morpholine rings is 1. The minimum Gasteiger partial charge on any atom is -0.493 e. The fraction of sp³-hybridized carbons (Fsp3) is 0.231. The van der Waals surface area contributed by atoms with Crippen LogP contribution >= 0.6 is 0 Å². The van der Waals surface area contributed by atoms with E-state index in [0.29, 0.717) is 55.5 Å². The Labute approximate surface area is 187 Å². The van der Waals surface area contributed by atoms with Gasteiger partial charge < -0.3 is 19.7 Å². The molecule has 32 heavy (non-hydrogen) atoms. The van der Waals surface area contributed by atoms with Crippen LogP contribution in [0, 0.1) is 0 Å². The Morgan fingerprint density at radius 2 is 1.62 bits per heavy atom. The lowest BCUT2D eigenvalue weighted by Crippen LogP contribution is -2.40. The number of ether oxygens (including phenoxy) is 2. The minimum absolute atomic E-state index is 0.0217. The topological polar surface area (TPSA) is 67.9 Å². The molecule has 6 heteroatoms. The van der Waals surface area contributed by atoms with Crippen LogP contribution in [0.25, 0.3) is 0 Å². The lowest BCUT2D eigenvalue weighted by atomic mass is 10.1. The Morgan fingerprint density at radius 1 is 0.875 bits per heavy atom. The maximum atomic E-state index is 12.7. The first-order valence-corrected chi connectivity index (χ1v) is 10.7. The van der Waals surface area contributed by atoms with E-state index >= 15 is 0 Å². The maximum Gasteiger partial charge on any atom is 0.255 e. The Bertz CT molecular complexity index is 1040. The number of hydrogen-bond donors (Lipinski definition) is 1. The van der Waals surface area contributed by atoms with Crippen LogP contribution in [0.5, 0.6) is 5.75 Å². The van der Waals surface area contributed by atoms with Crippen LogP contribution in [0.1, 0.15) is 26.3 Å². The molecule has 0 aliphatic carbocycles. The van der Waals surface area contributed by atoms with Crippen LogP contribution < -0.4 is 10.1 Å². The van der Waals surface area contributed by atoms with Crippen LogP contribution in [0.15, 0.2) is 78.9 Å². The van der Waals surface area contributed by atoms with E-state index in [-0.39, 0.29) is 11.8 Å². The molecule has 3 aromatic rings. The first-order valence-electron chi connectivity index (χ1n) is 10.7. The van der Waals surface area contributed by atoms with Gasteiger partial charge in [-0.25, -0.2) is 0 Å². The third kappa shape index (κ3) is 5.74. The van der Waals surface area contributed by atoms with Crippen LogP contribution in [0.4, 0.5) is 5.69 Å². The molecule has 0 saturated carbocycles. The molecule has 4 rings (SSSR count). The molecular formula is C26H26N2O4. The Morgan fingerprint density at radius 3 is 2.38 bits per heavy atom. The molecule has 1 aliphatic rings. The number of amides is 2. The number of hydrogen-bond acceptors (Lipinski definition) is 4. The van der Waals surface area contributed by atoms with Gasteiger partial charge in [-0.2, -0.15) is 0 Å². The van der Waals surface area contributed by atoms with E-state index in [1.165, 1.54) is 5.56 Å². The highest BCUT2D eigenvalue weighted by Crippen LogP contribution is 2.17. The SMILES string of the molecule is O=C(Nc1ccc(C(=O)N2CCOCC2)cc1)c1cccc(OCCc2ccccc2)c1. The third-order valence-corrected chi connectivity index (χ3v) is 5.29. The predicted molar refractivity (Wildman–Crippen MR) is 123 cm³/mol. The molecule has 164 valence electrons. The van der Waals surface area contributed by atoms with Gasteiger partial charge in [0.1, 0.15) is 5.75 Å². The van der Waals surface area contributed by atoms with E-state index in [2.05, 4.69) is 17.4 Å². The number of nitrogens with one attached hydrogen (secondary N) is 1. The minimum atomic E-state index is -0.231. The van der Waals surface area contributed by atoms with Crippen LogP contribution in [-0.2, 0) is 11.2 Å². The first kappa shape index (κ1) is 21.6. The van der Waals surface area contributed by atoms with Crippen molar-refractivity contribution in [3.8, 4) is 5.75 Å². The summed E-state index contributed by atoms with van der Waals surface area (Å²) >= 11 is 0. The summed E-state index contributed by atoms with van der Waals surface area (Å²) < 4.78 is 11.1. The second kappa shape index (κ2) is 10.6. The molecule has 1 aliphatic heterocycles. The van der Waals surface area contributed by atoms with E-state index in [1.54, 1.807) is 47.4 Å². The van der Waals surface area contributed by atoms with Crippen LogP contribution in [0.3, 0.4) is 0 Å². The number of carbonyl (C=O) groups excluding carboxylic acids is 2. The van der Waals surface area contributed by atoms with Gasteiger partial charge in [-0.1, -0.05) is 36.4 Å². The molecule has 3 aromatic carbocycles. The highest BCUT2D eigenvalue weighted by Gasteiger charge is 2.18. The number of benzene rings is 3. The zero-order valence-corrected chi connectivity index (χ0v) is 17.8. The second-order valence-electron chi connectivity index (χ2n) is 7.55. The van der Waals surface area contributed by atoms with E-state index < -0.39 is 0 Å². The lowest BCUT2D eigenvalue weighted by Gasteiger charge is -2.26. The van der Waals surface area contributed by atoms with Gasteiger partial charge in [0, 0.05) is 36.3 Å². The van der Waals surface area contributed by atoms with E-state index in [1.807, 2.05) is 24.3 Å². The summed E-state index contributed by atoms with van der Waals surface area (Å²) in [4.78, 5) is 27.0. The van der Waals surface area contributed by atoms with Gasteiger partial charge >= 0.3 is 0 Å². The molecule has 0 spiro atoms. The number of rotatable bonds is 7. The number of anilines is 1. The number of nitrogens with zero attached hydrogens (tertiary/aromatic N) is 1. The molecule has 1 N–H and O–H groups in total. The van der Waals surface area contributed by atoms with Gasteiger partial charge in [0.25, 0.3) is 11.8 Å². The quantitative estimate of drug-likeness (QED) is 0.615. The summed E-state index contributed by atoms with van der Waals surface area (Å²) in [6.07, 6.45) is 0.798. The molecular weight excluding hydrogens is 404 g/mol. The summed E-state index contributed by atoms with van der Waals surface area (Å²) in [6.45, 7) is 2.86. The molecule has 2 amide bonds. The van der Waals surface area contributed by atoms with Gasteiger partial charge in [0.05, 0.1) is 19.8 Å². The van der Waals surface area contributed by atoms with E-state index in [0.717, 1.165) is 6.42 Å². The summed E-state index contributed by atoms with van der Waals surface area (Å²) in [6, 6.07) is 24.2. The fourth-order valence-electron chi connectivity index (χ4n) is 3.51. The monoisotopic (exact) mass is 430 g/mol. The molecule has 6 nitrogen and oxygen atoms in total. The molecule has 1 heterocycles. The van der Waals surface area contributed by atoms with Gasteiger partial charge in [-0.3, -0.25) is 9.59 Å². The van der Waals surface area contributed by atoms with Gasteiger partial charge in [0.2, 0.25) is 0 Å². The molecule has 1 fully saturated rings.